The number of ether oxygens (including phenoxy) is 1. The van der Waals surface area contributed by atoms with Crippen LogP contribution in [-0.2, 0) is 14.3 Å². The maximum atomic E-state index is 12.1. The highest BCUT2D eigenvalue weighted by Crippen LogP contribution is 2.28. The Morgan fingerprint density at radius 1 is 1.33 bits per heavy atom. The largest absolute Gasteiger partial charge is 0.450 e. The second kappa shape index (κ2) is 7.35. The predicted molar refractivity (Wildman–Crippen MR) is 87.9 cm³/mol. The van der Waals surface area contributed by atoms with Gasteiger partial charge in [0.05, 0.1) is 6.54 Å². The zero-order valence-electron chi connectivity index (χ0n) is 13.5. The van der Waals surface area contributed by atoms with Crippen LogP contribution in [0.2, 0.25) is 5.02 Å². The Morgan fingerprint density at radius 3 is 2.71 bits per heavy atom. The zero-order chi connectivity index (χ0) is 17.9. The highest BCUT2D eigenvalue weighted by Gasteiger charge is 2.21. The quantitative estimate of drug-likeness (QED) is 0.828. The van der Waals surface area contributed by atoms with Gasteiger partial charge in [0.1, 0.15) is 5.58 Å². The van der Waals surface area contributed by atoms with Crippen molar-refractivity contribution in [2.24, 2.45) is 0 Å². The first kappa shape index (κ1) is 17.8. The number of aryl methyl sites for hydroxylation is 1. The molecule has 1 aromatic carbocycles. The van der Waals surface area contributed by atoms with E-state index < -0.39 is 18.5 Å². The van der Waals surface area contributed by atoms with Gasteiger partial charge < -0.3 is 19.4 Å². The Balaban J connectivity index is 2.04. The van der Waals surface area contributed by atoms with Crippen molar-refractivity contribution in [2.75, 3.05) is 27.2 Å². The molecule has 128 valence electrons. The first-order valence-electron chi connectivity index (χ1n) is 7.13. The van der Waals surface area contributed by atoms with Gasteiger partial charge in [-0.3, -0.25) is 9.59 Å². The van der Waals surface area contributed by atoms with Crippen molar-refractivity contribution in [3.63, 3.8) is 0 Å². The monoisotopic (exact) mass is 352 g/mol. The summed E-state index contributed by atoms with van der Waals surface area (Å²) >= 11 is 5.93. The molecular formula is C16H17ClN2O5. The third-order valence-corrected chi connectivity index (χ3v) is 3.73. The van der Waals surface area contributed by atoms with Crippen LogP contribution >= 0.6 is 11.6 Å². The van der Waals surface area contributed by atoms with E-state index in [0.29, 0.717) is 21.6 Å². The Hall–Kier alpha value is -2.54. The topological polar surface area (TPSA) is 88.9 Å². The fraction of sp³-hybridized carbons (Fsp3) is 0.312. The molecule has 1 aromatic heterocycles. The van der Waals surface area contributed by atoms with Gasteiger partial charge in [0.2, 0.25) is 11.7 Å². The normalized spacial score (nSPS) is 10.5. The Kier molecular flexibility index (Phi) is 5.46. The second-order valence-electron chi connectivity index (χ2n) is 5.20. The summed E-state index contributed by atoms with van der Waals surface area (Å²) in [6.07, 6.45) is 0. The number of hydrogen-bond acceptors (Lipinski definition) is 5. The van der Waals surface area contributed by atoms with Crippen LogP contribution in [0.3, 0.4) is 0 Å². The molecule has 1 heterocycles. The van der Waals surface area contributed by atoms with Crippen molar-refractivity contribution in [1.29, 1.82) is 0 Å². The van der Waals surface area contributed by atoms with E-state index in [9.17, 15) is 14.4 Å². The predicted octanol–water partition coefficient (Wildman–Crippen LogP) is 1.76. The number of esters is 1. The van der Waals surface area contributed by atoms with E-state index in [2.05, 4.69) is 5.32 Å². The molecule has 0 saturated carbocycles. The number of rotatable bonds is 5. The van der Waals surface area contributed by atoms with Crippen LogP contribution in [0, 0.1) is 6.92 Å². The molecule has 0 unspecified atom stereocenters. The first-order chi connectivity index (χ1) is 11.3. The standard InChI is InChI=1S/C16H17ClN2O5/c1-9-11-6-10(17)4-5-12(11)24-15(9)16(22)23-8-14(21)19(3)7-13(20)18-2/h4-6H,7-8H2,1-3H3,(H,18,20). The van der Waals surface area contributed by atoms with Crippen LogP contribution < -0.4 is 5.32 Å². The molecule has 0 radical (unpaired) electrons. The first-order valence-corrected chi connectivity index (χ1v) is 7.51. The number of halogens is 1. The molecule has 0 bridgehead atoms. The highest BCUT2D eigenvalue weighted by molar-refractivity contribution is 6.31. The molecule has 8 heteroatoms. The minimum Gasteiger partial charge on any atom is -0.450 e. The molecule has 2 amide bonds. The molecule has 2 aromatic rings. The molecule has 0 aliphatic rings. The van der Waals surface area contributed by atoms with Crippen LogP contribution in [0.5, 0.6) is 0 Å². The van der Waals surface area contributed by atoms with Gasteiger partial charge in [-0.2, -0.15) is 0 Å². The number of likely N-dealkylation sites (N-methyl/N-ethyl adjacent to an activating group) is 2. The lowest BCUT2D eigenvalue weighted by Crippen LogP contribution is -2.39. The van der Waals surface area contributed by atoms with Gasteiger partial charge in [0.15, 0.2) is 6.61 Å². The molecule has 0 aliphatic carbocycles. The fourth-order valence-electron chi connectivity index (χ4n) is 2.07. The number of benzene rings is 1. The smallest absolute Gasteiger partial charge is 0.375 e. The van der Waals surface area contributed by atoms with Gasteiger partial charge in [0.25, 0.3) is 5.91 Å². The van der Waals surface area contributed by atoms with Gasteiger partial charge in [-0.05, 0) is 25.1 Å². The summed E-state index contributed by atoms with van der Waals surface area (Å²) in [5, 5.41) is 3.63. The van der Waals surface area contributed by atoms with Gasteiger partial charge in [-0.1, -0.05) is 11.6 Å². The molecule has 0 saturated heterocycles. The van der Waals surface area contributed by atoms with Crippen molar-refractivity contribution in [2.45, 2.75) is 6.92 Å². The minimum atomic E-state index is -0.749. The lowest BCUT2D eigenvalue weighted by atomic mass is 10.1. The number of carbonyl (C=O) groups excluding carboxylic acids is 3. The van der Waals surface area contributed by atoms with Crippen molar-refractivity contribution >= 4 is 40.4 Å². The van der Waals surface area contributed by atoms with Crippen LogP contribution in [-0.4, -0.2) is 49.9 Å². The van der Waals surface area contributed by atoms with Gasteiger partial charge >= 0.3 is 5.97 Å². The number of amides is 2. The number of carbonyl (C=O) groups is 3. The summed E-state index contributed by atoms with van der Waals surface area (Å²) < 4.78 is 10.4. The van der Waals surface area contributed by atoms with Crippen LogP contribution in [0.25, 0.3) is 11.0 Å². The number of nitrogens with zero attached hydrogens (tertiary/aromatic N) is 1. The molecule has 24 heavy (non-hydrogen) atoms. The summed E-state index contributed by atoms with van der Waals surface area (Å²) in [7, 11) is 2.91. The van der Waals surface area contributed by atoms with Crippen molar-refractivity contribution in [3.8, 4) is 0 Å². The summed E-state index contributed by atoms with van der Waals surface area (Å²) in [5.41, 5.74) is 1.09. The summed E-state index contributed by atoms with van der Waals surface area (Å²) in [6, 6.07) is 5.00. The van der Waals surface area contributed by atoms with E-state index in [-0.39, 0.29) is 18.2 Å². The number of nitrogens with one attached hydrogen (secondary N) is 1. The molecule has 0 spiro atoms. The number of hydrogen-bond donors (Lipinski definition) is 1. The third-order valence-electron chi connectivity index (χ3n) is 3.50. The number of furan rings is 1. The van der Waals surface area contributed by atoms with Gasteiger partial charge in [-0.15, -0.1) is 0 Å². The third kappa shape index (κ3) is 3.86. The zero-order valence-corrected chi connectivity index (χ0v) is 14.3. The maximum absolute atomic E-state index is 12.1. The minimum absolute atomic E-state index is 0.0222. The van der Waals surface area contributed by atoms with E-state index in [1.54, 1.807) is 25.1 Å². The number of fused-ring (bicyclic) bond motifs is 1. The average molecular weight is 353 g/mol. The van der Waals surface area contributed by atoms with E-state index in [0.717, 1.165) is 4.90 Å². The van der Waals surface area contributed by atoms with E-state index >= 15 is 0 Å². The maximum Gasteiger partial charge on any atom is 0.375 e. The van der Waals surface area contributed by atoms with Gasteiger partial charge in [-0.25, -0.2) is 4.79 Å². The Bertz CT molecular complexity index is 799. The second-order valence-corrected chi connectivity index (χ2v) is 5.63. The molecule has 1 N–H and O–H groups in total. The lowest BCUT2D eigenvalue weighted by Gasteiger charge is -2.15. The van der Waals surface area contributed by atoms with Gasteiger partial charge in [0, 0.05) is 30.1 Å². The molecule has 0 fully saturated rings. The van der Waals surface area contributed by atoms with Crippen LogP contribution in [0.4, 0.5) is 0 Å². The Morgan fingerprint density at radius 2 is 2.04 bits per heavy atom. The van der Waals surface area contributed by atoms with Crippen molar-refractivity contribution in [3.05, 3.63) is 34.5 Å². The van der Waals surface area contributed by atoms with Crippen LogP contribution in [0.1, 0.15) is 16.1 Å². The van der Waals surface area contributed by atoms with E-state index in [1.165, 1.54) is 14.1 Å². The summed E-state index contributed by atoms with van der Waals surface area (Å²) in [4.78, 5) is 36.4. The summed E-state index contributed by atoms with van der Waals surface area (Å²) in [6.45, 7) is 1.11. The molecule has 2 rings (SSSR count). The molecule has 0 atom stereocenters. The summed E-state index contributed by atoms with van der Waals surface area (Å²) in [5.74, 6) is -1.54. The van der Waals surface area contributed by atoms with Crippen molar-refractivity contribution < 1.29 is 23.5 Å². The van der Waals surface area contributed by atoms with E-state index in [1.807, 2.05) is 0 Å². The van der Waals surface area contributed by atoms with Crippen LogP contribution in [0.15, 0.2) is 22.6 Å². The lowest BCUT2D eigenvalue weighted by molar-refractivity contribution is -0.137. The van der Waals surface area contributed by atoms with E-state index in [4.69, 9.17) is 20.8 Å². The molecule has 0 aliphatic heterocycles. The fourth-order valence-corrected chi connectivity index (χ4v) is 2.25. The van der Waals surface area contributed by atoms with Crippen molar-refractivity contribution in [1.82, 2.24) is 10.2 Å². The molecule has 7 nitrogen and oxygen atoms in total. The Labute approximate surface area is 143 Å². The molecular weight excluding hydrogens is 336 g/mol. The average Bonchev–Trinajstić information content (AvgIpc) is 2.88. The highest BCUT2D eigenvalue weighted by atomic mass is 35.5. The SMILES string of the molecule is CNC(=O)CN(C)C(=O)COC(=O)c1oc2ccc(Cl)cc2c1C.